The number of amides is 1. The highest BCUT2D eigenvalue weighted by Crippen LogP contribution is 2.18. The molecule has 0 aliphatic heterocycles. The molecule has 0 unspecified atom stereocenters. The second-order valence-corrected chi connectivity index (χ2v) is 4.75. The first-order chi connectivity index (χ1) is 8.66. The van der Waals surface area contributed by atoms with Crippen LogP contribution in [0.5, 0.6) is 5.75 Å². The van der Waals surface area contributed by atoms with Crippen LogP contribution in [0.25, 0.3) is 0 Å². The number of ether oxygens (including phenoxy) is 1. The smallest absolute Gasteiger partial charge is 0.266 e. The Hall–Kier alpha value is -1.88. The number of carbonyl (C=O) groups excluding carboxylic acids is 1. The molecule has 5 heteroatoms. The molecule has 1 aromatic carbocycles. The van der Waals surface area contributed by atoms with E-state index in [1.807, 2.05) is 36.6 Å². The van der Waals surface area contributed by atoms with Crippen LogP contribution < -0.4 is 10.1 Å². The van der Waals surface area contributed by atoms with Crippen LogP contribution in [0.1, 0.15) is 12.5 Å². The molecule has 1 aromatic heterocycles. The van der Waals surface area contributed by atoms with E-state index in [0.717, 1.165) is 11.3 Å². The predicted molar refractivity (Wildman–Crippen MR) is 72.0 cm³/mol. The van der Waals surface area contributed by atoms with Crippen LogP contribution in [0.2, 0.25) is 0 Å². The van der Waals surface area contributed by atoms with Gasteiger partial charge in [-0.1, -0.05) is 18.2 Å². The SMILES string of the molecule is Cc1ccccc1O[C@@H](C)C(=O)Nc1nccs1. The number of hydrogen-bond donors (Lipinski definition) is 1. The first-order valence-corrected chi connectivity index (χ1v) is 6.47. The Morgan fingerprint density at radius 2 is 2.22 bits per heavy atom. The van der Waals surface area contributed by atoms with Gasteiger partial charge in [-0.05, 0) is 25.5 Å². The lowest BCUT2D eigenvalue weighted by molar-refractivity contribution is -0.122. The first-order valence-electron chi connectivity index (χ1n) is 5.59. The lowest BCUT2D eigenvalue weighted by Crippen LogP contribution is -2.30. The molecule has 1 atom stereocenters. The van der Waals surface area contributed by atoms with Crippen LogP contribution in [0, 0.1) is 6.92 Å². The lowest BCUT2D eigenvalue weighted by atomic mass is 10.2. The molecule has 2 aromatic rings. The fraction of sp³-hybridized carbons (Fsp3) is 0.231. The van der Waals surface area contributed by atoms with Crippen molar-refractivity contribution in [3.63, 3.8) is 0 Å². The molecule has 1 amide bonds. The van der Waals surface area contributed by atoms with E-state index in [2.05, 4.69) is 10.3 Å². The summed E-state index contributed by atoms with van der Waals surface area (Å²) in [6, 6.07) is 7.61. The number of aryl methyl sites for hydroxylation is 1. The molecule has 0 aliphatic rings. The zero-order chi connectivity index (χ0) is 13.0. The molecule has 4 nitrogen and oxygen atoms in total. The van der Waals surface area contributed by atoms with Crippen molar-refractivity contribution in [3.8, 4) is 5.75 Å². The molecule has 0 spiro atoms. The van der Waals surface area contributed by atoms with Gasteiger partial charge in [0.15, 0.2) is 11.2 Å². The van der Waals surface area contributed by atoms with Gasteiger partial charge in [0.25, 0.3) is 5.91 Å². The van der Waals surface area contributed by atoms with E-state index in [1.54, 1.807) is 13.1 Å². The Morgan fingerprint density at radius 1 is 1.44 bits per heavy atom. The van der Waals surface area contributed by atoms with Crippen LogP contribution in [0.15, 0.2) is 35.8 Å². The number of para-hydroxylation sites is 1. The fourth-order valence-electron chi connectivity index (χ4n) is 1.42. The fourth-order valence-corrected chi connectivity index (χ4v) is 1.96. The minimum atomic E-state index is -0.560. The normalized spacial score (nSPS) is 11.9. The van der Waals surface area contributed by atoms with Gasteiger partial charge in [0.1, 0.15) is 5.75 Å². The van der Waals surface area contributed by atoms with E-state index in [-0.39, 0.29) is 5.91 Å². The standard InChI is InChI=1S/C13H14N2O2S/c1-9-5-3-4-6-11(9)17-10(2)12(16)15-13-14-7-8-18-13/h3-8,10H,1-2H3,(H,14,15,16)/t10-/m0/s1. The van der Waals surface area contributed by atoms with Crippen molar-refractivity contribution in [2.75, 3.05) is 5.32 Å². The number of nitrogens with zero attached hydrogens (tertiary/aromatic N) is 1. The Labute approximate surface area is 110 Å². The first kappa shape index (κ1) is 12.6. The van der Waals surface area contributed by atoms with Gasteiger partial charge < -0.3 is 4.74 Å². The molecule has 18 heavy (non-hydrogen) atoms. The molecular weight excluding hydrogens is 248 g/mol. The monoisotopic (exact) mass is 262 g/mol. The Bertz CT molecular complexity index is 526. The van der Waals surface area contributed by atoms with Gasteiger partial charge in [-0.25, -0.2) is 4.98 Å². The van der Waals surface area contributed by atoms with Gasteiger partial charge in [0, 0.05) is 11.6 Å². The summed E-state index contributed by atoms with van der Waals surface area (Å²) in [5.74, 6) is 0.521. The van der Waals surface area contributed by atoms with Gasteiger partial charge in [-0.2, -0.15) is 0 Å². The van der Waals surface area contributed by atoms with Crippen molar-refractivity contribution in [2.45, 2.75) is 20.0 Å². The van der Waals surface area contributed by atoms with E-state index in [4.69, 9.17) is 4.74 Å². The molecule has 1 heterocycles. The van der Waals surface area contributed by atoms with Crippen LogP contribution in [-0.4, -0.2) is 17.0 Å². The van der Waals surface area contributed by atoms with Crippen molar-refractivity contribution in [3.05, 3.63) is 41.4 Å². The van der Waals surface area contributed by atoms with E-state index < -0.39 is 6.10 Å². The van der Waals surface area contributed by atoms with Crippen molar-refractivity contribution in [1.82, 2.24) is 4.98 Å². The van der Waals surface area contributed by atoms with Gasteiger partial charge in [-0.3, -0.25) is 10.1 Å². The van der Waals surface area contributed by atoms with Crippen molar-refractivity contribution in [1.29, 1.82) is 0 Å². The number of thiazole rings is 1. The molecule has 2 rings (SSSR count). The highest BCUT2D eigenvalue weighted by Gasteiger charge is 2.16. The summed E-state index contributed by atoms with van der Waals surface area (Å²) in [5, 5.41) is 5.10. The van der Waals surface area contributed by atoms with Crippen molar-refractivity contribution >= 4 is 22.4 Å². The maximum absolute atomic E-state index is 11.9. The zero-order valence-corrected chi connectivity index (χ0v) is 11.0. The number of hydrogen-bond acceptors (Lipinski definition) is 4. The summed E-state index contributed by atoms with van der Waals surface area (Å²) in [7, 11) is 0. The van der Waals surface area contributed by atoms with E-state index in [1.165, 1.54) is 11.3 Å². The van der Waals surface area contributed by atoms with E-state index in [0.29, 0.717) is 5.13 Å². The molecule has 94 valence electrons. The van der Waals surface area contributed by atoms with Gasteiger partial charge in [0.2, 0.25) is 0 Å². The van der Waals surface area contributed by atoms with Crippen LogP contribution in [0.3, 0.4) is 0 Å². The summed E-state index contributed by atoms with van der Waals surface area (Å²) in [4.78, 5) is 15.9. The molecule has 0 radical (unpaired) electrons. The number of rotatable bonds is 4. The van der Waals surface area contributed by atoms with Gasteiger partial charge in [0.05, 0.1) is 0 Å². The highest BCUT2D eigenvalue weighted by molar-refractivity contribution is 7.13. The van der Waals surface area contributed by atoms with Crippen LogP contribution >= 0.6 is 11.3 Å². The summed E-state index contributed by atoms with van der Waals surface area (Å²) < 4.78 is 5.62. The average Bonchev–Trinajstić information content (AvgIpc) is 2.84. The maximum Gasteiger partial charge on any atom is 0.266 e. The topological polar surface area (TPSA) is 51.2 Å². The lowest BCUT2D eigenvalue weighted by Gasteiger charge is -2.15. The van der Waals surface area contributed by atoms with Gasteiger partial charge >= 0.3 is 0 Å². The molecule has 0 saturated carbocycles. The summed E-state index contributed by atoms with van der Waals surface area (Å²) >= 11 is 1.38. The summed E-state index contributed by atoms with van der Waals surface area (Å²) in [6.45, 7) is 3.66. The molecule has 0 saturated heterocycles. The Morgan fingerprint density at radius 3 is 2.89 bits per heavy atom. The van der Waals surface area contributed by atoms with E-state index in [9.17, 15) is 4.79 Å². The largest absolute Gasteiger partial charge is 0.481 e. The number of nitrogens with one attached hydrogen (secondary N) is 1. The Kier molecular flexibility index (Phi) is 3.94. The van der Waals surface area contributed by atoms with Crippen LogP contribution in [-0.2, 0) is 4.79 Å². The zero-order valence-electron chi connectivity index (χ0n) is 10.2. The quantitative estimate of drug-likeness (QED) is 0.921. The third kappa shape index (κ3) is 3.07. The van der Waals surface area contributed by atoms with E-state index >= 15 is 0 Å². The number of anilines is 1. The summed E-state index contributed by atoms with van der Waals surface area (Å²) in [5.41, 5.74) is 1.01. The average molecular weight is 262 g/mol. The molecular formula is C13H14N2O2S. The van der Waals surface area contributed by atoms with Crippen molar-refractivity contribution in [2.24, 2.45) is 0 Å². The molecule has 0 fully saturated rings. The predicted octanol–water partition coefficient (Wildman–Crippen LogP) is 2.86. The molecule has 0 bridgehead atoms. The van der Waals surface area contributed by atoms with Gasteiger partial charge in [-0.15, -0.1) is 11.3 Å². The number of aromatic nitrogens is 1. The highest BCUT2D eigenvalue weighted by atomic mass is 32.1. The minimum Gasteiger partial charge on any atom is -0.481 e. The summed E-state index contributed by atoms with van der Waals surface area (Å²) in [6.07, 6.45) is 1.09. The second-order valence-electron chi connectivity index (χ2n) is 3.85. The maximum atomic E-state index is 11.9. The number of benzene rings is 1. The number of carbonyl (C=O) groups is 1. The van der Waals surface area contributed by atoms with Crippen molar-refractivity contribution < 1.29 is 9.53 Å². The third-order valence-corrected chi connectivity index (χ3v) is 3.12. The van der Waals surface area contributed by atoms with Crippen LogP contribution in [0.4, 0.5) is 5.13 Å². The third-order valence-electron chi connectivity index (χ3n) is 2.43. The molecule has 1 N–H and O–H groups in total. The Balaban J connectivity index is 1.97. The second kappa shape index (κ2) is 5.64. The minimum absolute atomic E-state index is 0.201. The molecule has 0 aliphatic carbocycles.